The Balaban J connectivity index is 2.27. The predicted molar refractivity (Wildman–Crippen MR) is 76.7 cm³/mol. The van der Waals surface area contributed by atoms with E-state index in [0.29, 0.717) is 6.04 Å². The fourth-order valence-corrected chi connectivity index (χ4v) is 2.13. The number of aryl methyl sites for hydroxylation is 1. The van der Waals surface area contributed by atoms with E-state index in [2.05, 4.69) is 41.0 Å². The van der Waals surface area contributed by atoms with Gasteiger partial charge in [0.25, 0.3) is 0 Å². The van der Waals surface area contributed by atoms with Crippen LogP contribution in [-0.2, 0) is 0 Å². The molecular formula is C15H20N4. The third kappa shape index (κ3) is 3.35. The molecular weight excluding hydrogens is 236 g/mol. The fraction of sp³-hybridized carbons (Fsp3) is 0.400. The topological polar surface area (TPSA) is 50.7 Å². The molecule has 0 bridgehead atoms. The average molecular weight is 256 g/mol. The van der Waals surface area contributed by atoms with E-state index in [4.69, 9.17) is 0 Å². The van der Waals surface area contributed by atoms with Gasteiger partial charge in [-0.05, 0) is 26.0 Å². The van der Waals surface area contributed by atoms with Gasteiger partial charge in [0, 0.05) is 47.5 Å². The van der Waals surface area contributed by atoms with Crippen LogP contribution in [0.25, 0.3) is 11.4 Å². The minimum Gasteiger partial charge on any atom is -0.308 e. The SMILES string of the molecule is Cc1nc(-c2ccncc2)ncc1C(C)NC(C)C. The Morgan fingerprint density at radius 2 is 1.79 bits per heavy atom. The van der Waals surface area contributed by atoms with E-state index in [-0.39, 0.29) is 6.04 Å². The maximum Gasteiger partial charge on any atom is 0.159 e. The number of nitrogens with one attached hydrogen (secondary N) is 1. The number of rotatable bonds is 4. The van der Waals surface area contributed by atoms with Crippen LogP contribution in [0.15, 0.2) is 30.7 Å². The van der Waals surface area contributed by atoms with Crippen molar-refractivity contribution in [2.45, 2.75) is 39.8 Å². The van der Waals surface area contributed by atoms with Crippen LogP contribution in [0.1, 0.15) is 38.1 Å². The number of hydrogen-bond acceptors (Lipinski definition) is 4. The van der Waals surface area contributed by atoms with Gasteiger partial charge in [-0.3, -0.25) is 4.98 Å². The van der Waals surface area contributed by atoms with Crippen LogP contribution < -0.4 is 5.32 Å². The van der Waals surface area contributed by atoms with E-state index in [9.17, 15) is 0 Å². The molecule has 19 heavy (non-hydrogen) atoms. The van der Waals surface area contributed by atoms with Gasteiger partial charge in [-0.15, -0.1) is 0 Å². The maximum atomic E-state index is 4.59. The molecule has 0 aliphatic carbocycles. The second-order valence-electron chi connectivity index (χ2n) is 5.01. The van der Waals surface area contributed by atoms with Crippen LogP contribution in [0.5, 0.6) is 0 Å². The molecule has 1 unspecified atom stereocenters. The lowest BCUT2D eigenvalue weighted by molar-refractivity contribution is 0.502. The second kappa shape index (κ2) is 5.89. The van der Waals surface area contributed by atoms with E-state index < -0.39 is 0 Å². The molecule has 2 aromatic heterocycles. The van der Waals surface area contributed by atoms with E-state index in [0.717, 1.165) is 22.6 Å². The van der Waals surface area contributed by atoms with Crippen LogP contribution in [0.2, 0.25) is 0 Å². The monoisotopic (exact) mass is 256 g/mol. The van der Waals surface area contributed by atoms with E-state index in [1.54, 1.807) is 12.4 Å². The van der Waals surface area contributed by atoms with Crippen molar-refractivity contribution in [3.8, 4) is 11.4 Å². The summed E-state index contributed by atoms with van der Waals surface area (Å²) in [7, 11) is 0. The smallest absolute Gasteiger partial charge is 0.159 e. The largest absolute Gasteiger partial charge is 0.308 e. The number of hydrogen-bond donors (Lipinski definition) is 1. The van der Waals surface area contributed by atoms with Gasteiger partial charge in [0.05, 0.1) is 0 Å². The summed E-state index contributed by atoms with van der Waals surface area (Å²) in [5.41, 5.74) is 3.16. The van der Waals surface area contributed by atoms with E-state index in [1.165, 1.54) is 0 Å². The van der Waals surface area contributed by atoms with Crippen LogP contribution >= 0.6 is 0 Å². The van der Waals surface area contributed by atoms with Crippen molar-refractivity contribution in [2.24, 2.45) is 0 Å². The number of pyridine rings is 1. The molecule has 100 valence electrons. The molecule has 0 amide bonds. The normalized spacial score (nSPS) is 12.7. The zero-order chi connectivity index (χ0) is 13.8. The highest BCUT2D eigenvalue weighted by Crippen LogP contribution is 2.19. The minimum atomic E-state index is 0.256. The van der Waals surface area contributed by atoms with Crippen molar-refractivity contribution in [3.05, 3.63) is 42.0 Å². The van der Waals surface area contributed by atoms with Gasteiger partial charge in [0.2, 0.25) is 0 Å². The molecule has 0 radical (unpaired) electrons. The zero-order valence-corrected chi connectivity index (χ0v) is 11.9. The van der Waals surface area contributed by atoms with Crippen molar-refractivity contribution in [1.82, 2.24) is 20.3 Å². The van der Waals surface area contributed by atoms with Crippen LogP contribution in [0.4, 0.5) is 0 Å². The third-order valence-electron chi connectivity index (χ3n) is 3.01. The maximum absolute atomic E-state index is 4.59. The molecule has 4 heteroatoms. The Bertz CT molecular complexity index is 537. The van der Waals surface area contributed by atoms with Crippen molar-refractivity contribution in [1.29, 1.82) is 0 Å². The molecule has 0 spiro atoms. The molecule has 2 aromatic rings. The summed E-state index contributed by atoms with van der Waals surface area (Å²) in [5, 5.41) is 3.47. The van der Waals surface area contributed by atoms with Gasteiger partial charge >= 0.3 is 0 Å². The first-order valence-corrected chi connectivity index (χ1v) is 6.58. The molecule has 2 rings (SSSR count). The Kier molecular flexibility index (Phi) is 4.22. The molecule has 0 saturated heterocycles. The summed E-state index contributed by atoms with van der Waals surface area (Å²) in [4.78, 5) is 13.1. The van der Waals surface area contributed by atoms with Crippen LogP contribution in [0.3, 0.4) is 0 Å². The predicted octanol–water partition coefficient (Wildman–Crippen LogP) is 2.91. The summed E-state index contributed by atoms with van der Waals surface area (Å²) in [5.74, 6) is 0.750. The van der Waals surface area contributed by atoms with E-state index in [1.807, 2.05) is 25.3 Å². The Morgan fingerprint density at radius 1 is 1.11 bits per heavy atom. The highest BCUT2D eigenvalue weighted by Gasteiger charge is 2.12. The number of aromatic nitrogens is 3. The van der Waals surface area contributed by atoms with Crippen molar-refractivity contribution >= 4 is 0 Å². The standard InChI is InChI=1S/C15H20N4/c1-10(2)18-11(3)14-9-17-15(19-12(14)4)13-5-7-16-8-6-13/h5-11,18H,1-4H3. The minimum absolute atomic E-state index is 0.256. The summed E-state index contributed by atoms with van der Waals surface area (Å²) in [6, 6.07) is 4.54. The summed E-state index contributed by atoms with van der Waals surface area (Å²) in [6.45, 7) is 8.44. The first-order chi connectivity index (χ1) is 9.08. The van der Waals surface area contributed by atoms with Gasteiger partial charge in [-0.1, -0.05) is 13.8 Å². The molecule has 1 N–H and O–H groups in total. The first kappa shape index (κ1) is 13.6. The van der Waals surface area contributed by atoms with E-state index >= 15 is 0 Å². The lowest BCUT2D eigenvalue weighted by atomic mass is 10.1. The summed E-state index contributed by atoms with van der Waals surface area (Å²) in [6.07, 6.45) is 5.42. The third-order valence-corrected chi connectivity index (χ3v) is 3.01. The van der Waals surface area contributed by atoms with Gasteiger partial charge in [0.15, 0.2) is 5.82 Å². The fourth-order valence-electron chi connectivity index (χ4n) is 2.13. The second-order valence-corrected chi connectivity index (χ2v) is 5.01. The zero-order valence-electron chi connectivity index (χ0n) is 11.9. The lowest BCUT2D eigenvalue weighted by Crippen LogP contribution is -2.26. The molecule has 1 atom stereocenters. The summed E-state index contributed by atoms with van der Waals surface area (Å²) >= 11 is 0. The van der Waals surface area contributed by atoms with Crippen molar-refractivity contribution < 1.29 is 0 Å². The quantitative estimate of drug-likeness (QED) is 0.913. The number of nitrogens with zero attached hydrogens (tertiary/aromatic N) is 3. The lowest BCUT2D eigenvalue weighted by Gasteiger charge is -2.18. The summed E-state index contributed by atoms with van der Waals surface area (Å²) < 4.78 is 0. The molecule has 4 nitrogen and oxygen atoms in total. The molecule has 0 saturated carbocycles. The molecule has 2 heterocycles. The van der Waals surface area contributed by atoms with Gasteiger partial charge in [-0.2, -0.15) is 0 Å². The molecule has 0 aliphatic heterocycles. The highest BCUT2D eigenvalue weighted by atomic mass is 15.0. The van der Waals surface area contributed by atoms with Crippen molar-refractivity contribution in [3.63, 3.8) is 0 Å². The molecule has 0 aliphatic rings. The van der Waals surface area contributed by atoms with Crippen molar-refractivity contribution in [2.75, 3.05) is 0 Å². The van der Waals surface area contributed by atoms with Gasteiger partial charge in [0.1, 0.15) is 0 Å². The highest BCUT2D eigenvalue weighted by molar-refractivity contribution is 5.53. The van der Waals surface area contributed by atoms with Gasteiger partial charge in [-0.25, -0.2) is 9.97 Å². The molecule has 0 fully saturated rings. The first-order valence-electron chi connectivity index (χ1n) is 6.58. The average Bonchev–Trinajstić information content (AvgIpc) is 2.38. The Hall–Kier alpha value is -1.81. The Labute approximate surface area is 114 Å². The van der Waals surface area contributed by atoms with Crippen LogP contribution in [-0.4, -0.2) is 21.0 Å². The molecule has 0 aromatic carbocycles. The van der Waals surface area contributed by atoms with Gasteiger partial charge < -0.3 is 5.32 Å². The Morgan fingerprint density at radius 3 is 2.37 bits per heavy atom. The van der Waals surface area contributed by atoms with Crippen LogP contribution in [0, 0.1) is 6.92 Å².